The molecule has 1 aromatic carbocycles. The minimum atomic E-state index is -0.395. The van der Waals surface area contributed by atoms with Gasteiger partial charge in [-0.2, -0.15) is 0 Å². The number of fused-ring (bicyclic) bond motifs is 1. The van der Waals surface area contributed by atoms with Crippen LogP contribution in [0.4, 0.5) is 0 Å². The number of aliphatic hydroxyl groups is 1. The van der Waals surface area contributed by atoms with E-state index in [1.165, 1.54) is 7.11 Å². The largest absolute Gasteiger partial charge is 0.496 e. The van der Waals surface area contributed by atoms with Crippen molar-refractivity contribution in [3.8, 4) is 11.5 Å². The Morgan fingerprint density at radius 3 is 2.55 bits per heavy atom. The van der Waals surface area contributed by atoms with Gasteiger partial charge >= 0.3 is 5.97 Å². The zero-order valence-corrected chi connectivity index (χ0v) is 18.5. The maximum atomic E-state index is 12.2. The highest BCUT2D eigenvalue weighted by atomic mass is 16.5. The number of carbonyl (C=O) groups is 1. The van der Waals surface area contributed by atoms with Crippen molar-refractivity contribution in [1.82, 2.24) is 0 Å². The Hall–Kier alpha value is -1.75. The fourth-order valence-corrected chi connectivity index (χ4v) is 6.60. The van der Waals surface area contributed by atoms with Crippen molar-refractivity contribution in [3.05, 3.63) is 23.3 Å². The molecule has 1 heterocycles. The minimum absolute atomic E-state index is 0.0691. The summed E-state index contributed by atoms with van der Waals surface area (Å²) in [7, 11) is 3.02. The fourth-order valence-electron chi connectivity index (χ4n) is 6.60. The molecule has 0 bridgehead atoms. The molecule has 5 heteroatoms. The Morgan fingerprint density at radius 1 is 1.17 bits per heavy atom. The summed E-state index contributed by atoms with van der Waals surface area (Å²) in [6, 6.07) is 3.57. The van der Waals surface area contributed by atoms with E-state index in [2.05, 4.69) is 27.7 Å². The summed E-state index contributed by atoms with van der Waals surface area (Å²) < 4.78 is 17.6. The number of hydrogen-bond donors (Lipinski definition) is 1. The van der Waals surface area contributed by atoms with Crippen LogP contribution in [-0.2, 0) is 11.2 Å². The van der Waals surface area contributed by atoms with Gasteiger partial charge in [-0.15, -0.1) is 0 Å². The van der Waals surface area contributed by atoms with Gasteiger partial charge in [0.25, 0.3) is 0 Å². The maximum Gasteiger partial charge on any atom is 0.338 e. The van der Waals surface area contributed by atoms with E-state index in [9.17, 15) is 9.90 Å². The summed E-state index contributed by atoms with van der Waals surface area (Å²) in [6.45, 7) is 9.06. The summed E-state index contributed by atoms with van der Waals surface area (Å²) in [5.74, 6) is 1.76. The second kappa shape index (κ2) is 6.63. The molecule has 0 saturated heterocycles. The molecule has 0 amide bonds. The van der Waals surface area contributed by atoms with Gasteiger partial charge < -0.3 is 19.3 Å². The van der Waals surface area contributed by atoms with E-state index < -0.39 is 5.97 Å². The molecule has 160 valence electrons. The number of carbonyl (C=O) groups excluding carboxylic acids is 1. The van der Waals surface area contributed by atoms with Crippen LogP contribution in [0.3, 0.4) is 0 Å². The van der Waals surface area contributed by atoms with Gasteiger partial charge in [-0.1, -0.05) is 27.7 Å². The lowest BCUT2D eigenvalue weighted by Gasteiger charge is -2.66. The Kier molecular flexibility index (Phi) is 4.69. The van der Waals surface area contributed by atoms with Gasteiger partial charge in [0.1, 0.15) is 17.1 Å². The molecule has 5 atom stereocenters. The molecule has 1 N–H and O–H groups in total. The lowest BCUT2D eigenvalue weighted by Crippen LogP contribution is -2.70. The average Bonchev–Trinajstić information content (AvgIpc) is 2.69. The molecule has 2 saturated carbocycles. The van der Waals surface area contributed by atoms with Gasteiger partial charge in [0.15, 0.2) is 0 Å². The molecular formula is C24H34O5. The van der Waals surface area contributed by atoms with Crippen LogP contribution in [0.1, 0.15) is 69.3 Å². The van der Waals surface area contributed by atoms with Crippen molar-refractivity contribution in [3.63, 3.8) is 0 Å². The fraction of sp³-hybridized carbons (Fsp3) is 0.708. The minimum Gasteiger partial charge on any atom is -0.496 e. The maximum absolute atomic E-state index is 12.2. The van der Waals surface area contributed by atoms with E-state index in [0.717, 1.165) is 43.4 Å². The normalized spacial score (nSPS) is 37.4. The second-order valence-electron chi connectivity index (χ2n) is 10.1. The molecule has 2 fully saturated rings. The average molecular weight is 403 g/mol. The van der Waals surface area contributed by atoms with Crippen molar-refractivity contribution in [2.24, 2.45) is 22.7 Å². The zero-order valence-electron chi connectivity index (χ0n) is 18.5. The van der Waals surface area contributed by atoms with Crippen molar-refractivity contribution in [1.29, 1.82) is 0 Å². The number of methoxy groups -OCH3 is 2. The van der Waals surface area contributed by atoms with Crippen LogP contribution in [0.2, 0.25) is 0 Å². The molecule has 4 rings (SSSR count). The highest BCUT2D eigenvalue weighted by molar-refractivity contribution is 5.90. The third-order valence-electron chi connectivity index (χ3n) is 8.70. The van der Waals surface area contributed by atoms with Crippen LogP contribution in [0.25, 0.3) is 0 Å². The topological polar surface area (TPSA) is 65.0 Å². The lowest BCUT2D eigenvalue weighted by molar-refractivity contribution is -0.233. The number of ether oxygens (including phenoxy) is 3. The van der Waals surface area contributed by atoms with E-state index in [1.54, 1.807) is 13.2 Å². The first-order valence-electron chi connectivity index (χ1n) is 10.8. The third-order valence-corrected chi connectivity index (χ3v) is 8.70. The molecule has 0 radical (unpaired) electrons. The van der Waals surface area contributed by atoms with Crippen molar-refractivity contribution in [2.45, 2.75) is 71.5 Å². The standard InChI is InChI=1S/C24H34O5/c1-14-7-8-19-22(2,3)20(25)9-10-24(19)23(14,4)13-16-17(27-5)11-15(21(26)28-6)12-18(16)29-24/h11-12,14,19-20,25H,7-10,13H2,1-6H3/t14-,19-,20+,23+,24-/m0/s1. The predicted octanol–water partition coefficient (Wildman–Crippen LogP) is 4.39. The molecule has 5 nitrogen and oxygen atoms in total. The van der Waals surface area contributed by atoms with Crippen molar-refractivity contribution < 1.29 is 24.1 Å². The number of aliphatic hydroxyl groups excluding tert-OH is 1. The van der Waals surface area contributed by atoms with Crippen LogP contribution in [-0.4, -0.2) is 37.0 Å². The first kappa shape index (κ1) is 20.5. The van der Waals surface area contributed by atoms with Crippen LogP contribution in [0.15, 0.2) is 12.1 Å². The SMILES string of the molecule is COC(=O)c1cc(OC)c2c(c1)O[C@@]13CC[C@@H](O)C(C)(C)[C@@H]1CC[C@H](C)[C@@]3(C)C2. The summed E-state index contributed by atoms with van der Waals surface area (Å²) in [6.07, 6.45) is 4.25. The van der Waals surface area contributed by atoms with Gasteiger partial charge in [-0.3, -0.25) is 0 Å². The van der Waals surface area contributed by atoms with Crippen LogP contribution < -0.4 is 9.47 Å². The van der Waals surface area contributed by atoms with Gasteiger partial charge in [-0.05, 0) is 55.6 Å². The Morgan fingerprint density at radius 2 is 1.90 bits per heavy atom. The van der Waals surface area contributed by atoms with Gasteiger partial charge in [-0.25, -0.2) is 4.79 Å². The van der Waals surface area contributed by atoms with E-state index in [4.69, 9.17) is 14.2 Å². The molecule has 29 heavy (non-hydrogen) atoms. The monoisotopic (exact) mass is 402 g/mol. The van der Waals surface area contributed by atoms with Crippen LogP contribution in [0.5, 0.6) is 11.5 Å². The van der Waals surface area contributed by atoms with Crippen molar-refractivity contribution in [2.75, 3.05) is 14.2 Å². The number of benzene rings is 1. The predicted molar refractivity (Wildman–Crippen MR) is 110 cm³/mol. The first-order chi connectivity index (χ1) is 13.6. The summed E-state index contributed by atoms with van der Waals surface area (Å²) in [4.78, 5) is 12.2. The van der Waals surface area contributed by atoms with E-state index >= 15 is 0 Å². The Balaban J connectivity index is 1.90. The van der Waals surface area contributed by atoms with E-state index in [1.807, 2.05) is 6.07 Å². The zero-order chi connectivity index (χ0) is 21.2. The lowest BCUT2D eigenvalue weighted by atomic mass is 9.43. The smallest absolute Gasteiger partial charge is 0.338 e. The summed E-state index contributed by atoms with van der Waals surface area (Å²) in [5.41, 5.74) is 0.824. The van der Waals surface area contributed by atoms with Gasteiger partial charge in [0.2, 0.25) is 0 Å². The highest BCUT2D eigenvalue weighted by Crippen LogP contribution is 2.66. The van der Waals surface area contributed by atoms with Gasteiger partial charge in [0, 0.05) is 16.9 Å². The second-order valence-corrected chi connectivity index (χ2v) is 10.1. The van der Waals surface area contributed by atoms with Crippen molar-refractivity contribution >= 4 is 5.97 Å². The summed E-state index contributed by atoms with van der Waals surface area (Å²) >= 11 is 0. The molecule has 0 unspecified atom stereocenters. The molecule has 2 aliphatic carbocycles. The number of hydrogen-bond acceptors (Lipinski definition) is 5. The quantitative estimate of drug-likeness (QED) is 0.744. The third kappa shape index (κ3) is 2.66. The number of rotatable bonds is 2. The molecule has 3 aliphatic rings. The Bertz CT molecular complexity index is 831. The number of esters is 1. The molecule has 1 aliphatic heterocycles. The molecule has 0 aromatic heterocycles. The molecule has 1 spiro atoms. The van der Waals surface area contributed by atoms with Crippen LogP contribution in [0, 0.1) is 22.7 Å². The van der Waals surface area contributed by atoms with E-state index in [0.29, 0.717) is 17.2 Å². The summed E-state index contributed by atoms with van der Waals surface area (Å²) in [5, 5.41) is 10.8. The Labute approximate surface area is 173 Å². The molecule has 1 aromatic rings. The van der Waals surface area contributed by atoms with Crippen LogP contribution >= 0.6 is 0 Å². The first-order valence-corrected chi connectivity index (χ1v) is 10.8. The highest BCUT2D eigenvalue weighted by Gasteiger charge is 2.67. The van der Waals surface area contributed by atoms with E-state index in [-0.39, 0.29) is 28.5 Å². The molecular weight excluding hydrogens is 368 g/mol. The van der Waals surface area contributed by atoms with Gasteiger partial charge in [0.05, 0.1) is 25.9 Å².